The van der Waals surface area contributed by atoms with E-state index in [4.69, 9.17) is 4.74 Å². The van der Waals surface area contributed by atoms with Gasteiger partial charge in [0.25, 0.3) is 5.69 Å². The fourth-order valence-corrected chi connectivity index (χ4v) is 8.24. The van der Waals surface area contributed by atoms with Crippen molar-refractivity contribution in [3.8, 4) is 5.75 Å². The predicted octanol–water partition coefficient (Wildman–Crippen LogP) is 4.57. The van der Waals surface area contributed by atoms with Crippen LogP contribution in [-0.4, -0.2) is 39.6 Å². The number of nitro benzene ring substituents is 1. The van der Waals surface area contributed by atoms with Crippen molar-refractivity contribution in [1.82, 2.24) is 4.57 Å². The van der Waals surface area contributed by atoms with Gasteiger partial charge < -0.3 is 10.1 Å². The van der Waals surface area contributed by atoms with Gasteiger partial charge in [0, 0.05) is 28.6 Å². The number of rotatable bonds is 7. The van der Waals surface area contributed by atoms with Gasteiger partial charge in [0.1, 0.15) is 17.5 Å². The molecule has 0 spiro atoms. The lowest BCUT2D eigenvalue weighted by atomic mass is 9.83. The molecule has 0 saturated carbocycles. The average molecular weight is 617 g/mol. The normalized spacial score (nSPS) is 19.1. The lowest BCUT2D eigenvalue weighted by Gasteiger charge is -2.30. The molecule has 1 N–H and O–H groups in total. The summed E-state index contributed by atoms with van der Waals surface area (Å²) in [6.45, 7) is 1.63. The summed E-state index contributed by atoms with van der Waals surface area (Å²) in [5.41, 5.74) is 2.33. The van der Waals surface area contributed by atoms with Gasteiger partial charge in [0.05, 0.1) is 28.7 Å². The Morgan fingerprint density at radius 1 is 1.02 bits per heavy atom. The van der Waals surface area contributed by atoms with E-state index in [1.807, 2.05) is 25.1 Å². The molecule has 218 valence electrons. The van der Waals surface area contributed by atoms with Gasteiger partial charge in [-0.3, -0.25) is 33.9 Å². The molecule has 3 heterocycles. The van der Waals surface area contributed by atoms with Crippen LogP contribution in [0.1, 0.15) is 21.9 Å². The van der Waals surface area contributed by atoms with E-state index < -0.39 is 39.7 Å². The molecule has 2 unspecified atom stereocenters. The number of hydrogen-bond donors (Lipinski definition) is 1. The van der Waals surface area contributed by atoms with Crippen LogP contribution >= 0.6 is 23.1 Å². The van der Waals surface area contributed by atoms with Crippen molar-refractivity contribution in [2.75, 3.05) is 17.3 Å². The number of nitrogens with one attached hydrogen (secondary N) is 1. The summed E-state index contributed by atoms with van der Waals surface area (Å²) in [7, 11) is 1.54. The fraction of sp³-hybridized carbons (Fsp3) is 0.200. The maximum Gasteiger partial charge on any atom is 0.308 e. The van der Waals surface area contributed by atoms with Crippen LogP contribution in [0.15, 0.2) is 82.6 Å². The molecule has 4 aromatic rings. The van der Waals surface area contributed by atoms with Crippen LogP contribution < -0.4 is 19.8 Å². The van der Waals surface area contributed by atoms with Gasteiger partial charge >= 0.3 is 4.87 Å². The van der Waals surface area contributed by atoms with E-state index >= 15 is 0 Å². The summed E-state index contributed by atoms with van der Waals surface area (Å²) in [4.78, 5) is 66.0. The smallest absolute Gasteiger partial charge is 0.308 e. The molecule has 43 heavy (non-hydrogen) atoms. The van der Waals surface area contributed by atoms with E-state index in [-0.39, 0.29) is 22.8 Å². The van der Waals surface area contributed by atoms with Crippen LogP contribution in [0.25, 0.3) is 0 Å². The number of methoxy groups -OCH3 is 1. The number of fused-ring (bicyclic) bond motifs is 2. The van der Waals surface area contributed by atoms with Crippen LogP contribution in [0, 0.1) is 23.0 Å². The lowest BCUT2D eigenvalue weighted by Crippen LogP contribution is -2.33. The van der Waals surface area contributed by atoms with Gasteiger partial charge in [0.15, 0.2) is 0 Å². The highest BCUT2D eigenvalue weighted by atomic mass is 32.2. The Morgan fingerprint density at radius 3 is 2.40 bits per heavy atom. The zero-order valence-electron chi connectivity index (χ0n) is 22.9. The first-order valence-electron chi connectivity index (χ1n) is 13.2. The van der Waals surface area contributed by atoms with Gasteiger partial charge in [-0.15, -0.1) is 0 Å². The number of thiazole rings is 1. The Labute approximate surface area is 253 Å². The van der Waals surface area contributed by atoms with Gasteiger partial charge in [-0.2, -0.15) is 0 Å². The summed E-state index contributed by atoms with van der Waals surface area (Å²) in [6, 6.07) is 19.6. The van der Waals surface area contributed by atoms with E-state index in [1.165, 1.54) is 35.9 Å². The maximum atomic E-state index is 14.0. The molecule has 2 aliphatic rings. The molecule has 3 atom stereocenters. The van der Waals surface area contributed by atoms with Crippen LogP contribution in [-0.2, 0) is 20.9 Å². The number of aryl methyl sites for hydroxylation is 1. The number of amides is 3. The molecular weight excluding hydrogens is 592 g/mol. The number of thioether (sulfide) groups is 1. The third-order valence-electron chi connectivity index (χ3n) is 7.45. The second-order valence-electron chi connectivity index (χ2n) is 10.1. The second-order valence-corrected chi connectivity index (χ2v) is 12.3. The maximum absolute atomic E-state index is 14.0. The monoisotopic (exact) mass is 616 g/mol. The van der Waals surface area contributed by atoms with Crippen molar-refractivity contribution in [2.45, 2.75) is 29.7 Å². The molecule has 11 nitrogen and oxygen atoms in total. The summed E-state index contributed by atoms with van der Waals surface area (Å²) in [5, 5.41) is 13.5. The van der Waals surface area contributed by atoms with Crippen LogP contribution in [0.3, 0.4) is 0 Å². The van der Waals surface area contributed by atoms with Crippen molar-refractivity contribution in [2.24, 2.45) is 5.92 Å². The molecule has 13 heteroatoms. The molecule has 1 fully saturated rings. The molecule has 0 bridgehead atoms. The fourth-order valence-electron chi connectivity index (χ4n) is 5.47. The summed E-state index contributed by atoms with van der Waals surface area (Å²) < 4.78 is 6.65. The van der Waals surface area contributed by atoms with E-state index in [1.54, 1.807) is 30.3 Å². The Bertz CT molecular complexity index is 1830. The van der Waals surface area contributed by atoms with Crippen LogP contribution in [0.5, 0.6) is 5.75 Å². The van der Waals surface area contributed by atoms with Gasteiger partial charge in [-0.1, -0.05) is 47.4 Å². The van der Waals surface area contributed by atoms with Crippen molar-refractivity contribution in [1.29, 1.82) is 0 Å². The van der Waals surface area contributed by atoms with E-state index in [0.717, 1.165) is 33.6 Å². The van der Waals surface area contributed by atoms with Gasteiger partial charge in [-0.25, -0.2) is 4.90 Å². The molecule has 2 aliphatic heterocycles. The second kappa shape index (κ2) is 11.2. The number of nitrogens with zero attached hydrogens (tertiary/aromatic N) is 3. The van der Waals surface area contributed by atoms with Gasteiger partial charge in [0.2, 0.25) is 17.7 Å². The minimum absolute atomic E-state index is 0.166. The molecule has 6 rings (SSSR count). The molecule has 3 aromatic carbocycles. The van der Waals surface area contributed by atoms with Crippen molar-refractivity contribution < 1.29 is 24.0 Å². The predicted molar refractivity (Wildman–Crippen MR) is 162 cm³/mol. The zero-order valence-corrected chi connectivity index (χ0v) is 24.5. The number of carbonyl (C=O) groups excluding carboxylic acids is 3. The number of anilines is 2. The number of carbonyl (C=O) groups is 3. The van der Waals surface area contributed by atoms with Crippen molar-refractivity contribution >= 4 is 57.9 Å². The Balaban J connectivity index is 1.40. The number of benzene rings is 3. The summed E-state index contributed by atoms with van der Waals surface area (Å²) in [5.74, 6) is -2.25. The Hall–Kier alpha value is -4.75. The SMILES string of the molecule is COc1ccc([C@H]2c3sc(=O)n(CC(=O)Nc4cccc(C)c4)c3SC3C(=O)N(c4ccc([N+](=O)[O-])cc4)C(=O)C32)cc1. The number of non-ortho nitro benzene ring substituents is 1. The highest BCUT2D eigenvalue weighted by molar-refractivity contribution is 8.00. The number of aromatic nitrogens is 1. The third kappa shape index (κ3) is 5.10. The summed E-state index contributed by atoms with van der Waals surface area (Å²) >= 11 is 2.05. The zero-order chi connectivity index (χ0) is 30.4. The Kier molecular flexibility index (Phi) is 7.36. The topological polar surface area (TPSA) is 141 Å². The van der Waals surface area contributed by atoms with Gasteiger partial charge in [-0.05, 0) is 54.4 Å². The first-order valence-corrected chi connectivity index (χ1v) is 14.9. The molecule has 0 aliphatic carbocycles. The van der Waals surface area contributed by atoms with E-state index in [0.29, 0.717) is 26.9 Å². The highest BCUT2D eigenvalue weighted by Crippen LogP contribution is 2.54. The lowest BCUT2D eigenvalue weighted by molar-refractivity contribution is -0.384. The molecule has 3 amide bonds. The molecule has 1 aromatic heterocycles. The number of imide groups is 1. The average Bonchev–Trinajstić information content (AvgIpc) is 3.43. The quantitative estimate of drug-likeness (QED) is 0.181. The highest BCUT2D eigenvalue weighted by Gasteiger charge is 2.56. The first-order chi connectivity index (χ1) is 20.7. The standard InChI is InChI=1S/C30H24N4O7S2/c1-16-4-3-5-18(14-16)31-22(35)15-32-29-26(43-30(32)38)23(17-6-12-21(41-2)13-7-17)24-25(42-29)28(37)33(27(24)36)19-8-10-20(11-9-19)34(39)40/h3-14,23-25H,15H2,1-2H3,(H,31,35)/t23-,24?,25?/m1/s1. The largest absolute Gasteiger partial charge is 0.497 e. The van der Waals surface area contributed by atoms with Crippen LogP contribution in [0.2, 0.25) is 0 Å². The number of nitro groups is 1. The third-order valence-corrected chi connectivity index (χ3v) is 10.1. The molecular formula is C30H24N4O7S2. The minimum atomic E-state index is -0.887. The number of hydrogen-bond acceptors (Lipinski definition) is 9. The Morgan fingerprint density at radius 2 is 1.74 bits per heavy atom. The summed E-state index contributed by atoms with van der Waals surface area (Å²) in [6.07, 6.45) is 0. The molecule has 1 saturated heterocycles. The van der Waals surface area contributed by atoms with Crippen molar-refractivity contribution in [3.63, 3.8) is 0 Å². The number of ether oxygens (including phenoxy) is 1. The van der Waals surface area contributed by atoms with E-state index in [2.05, 4.69) is 5.32 Å². The minimum Gasteiger partial charge on any atom is -0.497 e. The van der Waals surface area contributed by atoms with Crippen molar-refractivity contribution in [3.05, 3.63) is 109 Å². The molecule has 0 radical (unpaired) electrons. The van der Waals surface area contributed by atoms with Crippen LogP contribution in [0.4, 0.5) is 17.1 Å². The first kappa shape index (κ1) is 28.4. The van der Waals surface area contributed by atoms with E-state index in [9.17, 15) is 29.3 Å².